The maximum atomic E-state index is 6.04. The second-order valence-electron chi connectivity index (χ2n) is 6.35. The smallest absolute Gasteiger partial charge is 0.161 e. The molecule has 2 N–H and O–H groups in total. The minimum absolute atomic E-state index is 0.233. The molecule has 1 aromatic carbocycles. The lowest BCUT2D eigenvalue weighted by Gasteiger charge is -2.19. The highest BCUT2D eigenvalue weighted by molar-refractivity contribution is 5.59. The summed E-state index contributed by atoms with van der Waals surface area (Å²) in [5.41, 5.74) is 8.10. The van der Waals surface area contributed by atoms with Crippen molar-refractivity contribution in [3.8, 4) is 17.1 Å². The number of aromatic nitrogens is 2. The van der Waals surface area contributed by atoms with Crippen molar-refractivity contribution < 1.29 is 4.74 Å². The summed E-state index contributed by atoms with van der Waals surface area (Å²) in [6, 6.07) is 10.2. The molecule has 0 spiro atoms. The normalized spacial score (nSPS) is 17.8. The summed E-state index contributed by atoms with van der Waals surface area (Å²) in [4.78, 5) is 11.8. The highest BCUT2D eigenvalue weighted by Crippen LogP contribution is 2.26. The maximum absolute atomic E-state index is 6.04. The van der Waals surface area contributed by atoms with Gasteiger partial charge in [0.05, 0.1) is 7.11 Å². The Kier molecular flexibility index (Phi) is 4.48. The quantitative estimate of drug-likeness (QED) is 0.940. The number of hydrogen-bond acceptors (Lipinski definition) is 5. The van der Waals surface area contributed by atoms with Crippen LogP contribution in [0.1, 0.15) is 31.9 Å². The first-order valence-electron chi connectivity index (χ1n) is 8.10. The van der Waals surface area contributed by atoms with E-state index < -0.39 is 0 Å². The van der Waals surface area contributed by atoms with E-state index in [4.69, 9.17) is 20.4 Å². The SMILES string of the molecule is COc1ccc(-c2nc(C(C)C)cc(N3CCC(N)C3)n2)cc1. The molecule has 2 heterocycles. The van der Waals surface area contributed by atoms with Gasteiger partial charge in [0, 0.05) is 36.5 Å². The van der Waals surface area contributed by atoms with Crippen LogP contribution in [-0.4, -0.2) is 36.2 Å². The number of ether oxygens (including phenoxy) is 1. The van der Waals surface area contributed by atoms with Crippen LogP contribution >= 0.6 is 0 Å². The van der Waals surface area contributed by atoms with Crippen LogP contribution in [0, 0.1) is 0 Å². The number of methoxy groups -OCH3 is 1. The molecule has 1 atom stereocenters. The molecule has 3 rings (SSSR count). The van der Waals surface area contributed by atoms with Crippen LogP contribution in [0.2, 0.25) is 0 Å². The molecular formula is C18H24N4O. The predicted molar refractivity (Wildman–Crippen MR) is 92.9 cm³/mol. The van der Waals surface area contributed by atoms with Gasteiger partial charge in [-0.25, -0.2) is 9.97 Å². The Labute approximate surface area is 137 Å². The Bertz CT molecular complexity index is 669. The lowest BCUT2D eigenvalue weighted by Crippen LogP contribution is -2.27. The van der Waals surface area contributed by atoms with Crippen molar-refractivity contribution in [3.63, 3.8) is 0 Å². The topological polar surface area (TPSA) is 64.3 Å². The summed E-state index contributed by atoms with van der Waals surface area (Å²) in [5.74, 6) is 2.92. The third-order valence-corrected chi connectivity index (χ3v) is 4.22. The van der Waals surface area contributed by atoms with E-state index in [1.165, 1.54) is 0 Å². The van der Waals surface area contributed by atoms with Crippen molar-refractivity contribution in [2.45, 2.75) is 32.2 Å². The van der Waals surface area contributed by atoms with Gasteiger partial charge in [-0.2, -0.15) is 0 Å². The molecule has 1 aromatic heterocycles. The molecule has 23 heavy (non-hydrogen) atoms. The number of benzene rings is 1. The zero-order valence-corrected chi connectivity index (χ0v) is 14.0. The van der Waals surface area contributed by atoms with Crippen LogP contribution < -0.4 is 15.4 Å². The van der Waals surface area contributed by atoms with Gasteiger partial charge in [0.25, 0.3) is 0 Å². The number of nitrogens with two attached hydrogens (primary N) is 1. The predicted octanol–water partition coefficient (Wildman–Crippen LogP) is 2.81. The second-order valence-corrected chi connectivity index (χ2v) is 6.35. The highest BCUT2D eigenvalue weighted by atomic mass is 16.5. The molecule has 122 valence electrons. The molecule has 1 unspecified atom stereocenters. The molecule has 5 heteroatoms. The van der Waals surface area contributed by atoms with Gasteiger partial charge >= 0.3 is 0 Å². The molecule has 0 amide bonds. The minimum Gasteiger partial charge on any atom is -0.497 e. The van der Waals surface area contributed by atoms with E-state index in [-0.39, 0.29) is 6.04 Å². The standard InChI is InChI=1S/C18H24N4O/c1-12(2)16-10-17(22-9-8-14(19)11-22)21-18(20-16)13-4-6-15(23-3)7-5-13/h4-7,10,12,14H,8-9,11,19H2,1-3H3. The van der Waals surface area contributed by atoms with Gasteiger partial charge in [0.15, 0.2) is 5.82 Å². The molecule has 1 aliphatic rings. The van der Waals surface area contributed by atoms with Crippen molar-refractivity contribution in [2.24, 2.45) is 5.73 Å². The Balaban J connectivity index is 1.99. The Morgan fingerprint density at radius 2 is 1.96 bits per heavy atom. The summed E-state index contributed by atoms with van der Waals surface area (Å²) in [6.07, 6.45) is 1.01. The van der Waals surface area contributed by atoms with Crippen molar-refractivity contribution in [3.05, 3.63) is 36.0 Å². The monoisotopic (exact) mass is 312 g/mol. The van der Waals surface area contributed by atoms with Gasteiger partial charge in [-0.3, -0.25) is 0 Å². The van der Waals surface area contributed by atoms with Crippen molar-refractivity contribution >= 4 is 5.82 Å². The zero-order chi connectivity index (χ0) is 16.4. The van der Waals surface area contributed by atoms with E-state index in [2.05, 4.69) is 24.8 Å². The Hall–Kier alpha value is -2.14. The number of anilines is 1. The van der Waals surface area contributed by atoms with Crippen LogP contribution in [0.4, 0.5) is 5.82 Å². The number of rotatable bonds is 4. The fourth-order valence-electron chi connectivity index (χ4n) is 2.77. The zero-order valence-electron chi connectivity index (χ0n) is 14.0. The lowest BCUT2D eigenvalue weighted by atomic mass is 10.1. The molecular weight excluding hydrogens is 288 g/mol. The molecule has 2 aromatic rings. The van der Waals surface area contributed by atoms with Crippen molar-refractivity contribution in [1.82, 2.24) is 9.97 Å². The Morgan fingerprint density at radius 3 is 2.52 bits per heavy atom. The molecule has 0 saturated carbocycles. The van der Waals surface area contributed by atoms with E-state index in [0.717, 1.165) is 48.2 Å². The van der Waals surface area contributed by atoms with Crippen LogP contribution in [0.3, 0.4) is 0 Å². The van der Waals surface area contributed by atoms with Gasteiger partial charge in [0.1, 0.15) is 11.6 Å². The number of hydrogen-bond donors (Lipinski definition) is 1. The highest BCUT2D eigenvalue weighted by Gasteiger charge is 2.22. The number of nitrogens with zero attached hydrogens (tertiary/aromatic N) is 3. The summed E-state index contributed by atoms with van der Waals surface area (Å²) < 4.78 is 5.22. The van der Waals surface area contributed by atoms with Gasteiger partial charge < -0.3 is 15.4 Å². The summed E-state index contributed by atoms with van der Waals surface area (Å²) in [6.45, 7) is 6.12. The largest absolute Gasteiger partial charge is 0.497 e. The van der Waals surface area contributed by atoms with Gasteiger partial charge in [0.2, 0.25) is 0 Å². The summed E-state index contributed by atoms with van der Waals surface area (Å²) in [7, 11) is 1.67. The molecule has 1 fully saturated rings. The fraction of sp³-hybridized carbons (Fsp3) is 0.444. The molecule has 1 aliphatic heterocycles. The first-order chi connectivity index (χ1) is 11.1. The average molecular weight is 312 g/mol. The van der Waals surface area contributed by atoms with Crippen molar-refractivity contribution in [1.29, 1.82) is 0 Å². The molecule has 1 saturated heterocycles. The van der Waals surface area contributed by atoms with Crippen LogP contribution in [-0.2, 0) is 0 Å². The van der Waals surface area contributed by atoms with Gasteiger partial charge in [-0.05, 0) is 36.6 Å². The maximum Gasteiger partial charge on any atom is 0.161 e. The molecule has 5 nitrogen and oxygen atoms in total. The van der Waals surface area contributed by atoms with Crippen LogP contribution in [0.25, 0.3) is 11.4 Å². The Morgan fingerprint density at radius 1 is 1.22 bits per heavy atom. The molecule has 0 aliphatic carbocycles. The fourth-order valence-corrected chi connectivity index (χ4v) is 2.77. The van der Waals surface area contributed by atoms with Crippen LogP contribution in [0.15, 0.2) is 30.3 Å². The van der Waals surface area contributed by atoms with E-state index in [1.807, 2.05) is 24.3 Å². The third-order valence-electron chi connectivity index (χ3n) is 4.22. The van der Waals surface area contributed by atoms with E-state index in [9.17, 15) is 0 Å². The lowest BCUT2D eigenvalue weighted by molar-refractivity contribution is 0.415. The first-order valence-corrected chi connectivity index (χ1v) is 8.10. The first kappa shape index (κ1) is 15.7. The van der Waals surface area contributed by atoms with E-state index in [1.54, 1.807) is 7.11 Å². The molecule has 0 bridgehead atoms. The van der Waals surface area contributed by atoms with Gasteiger partial charge in [-0.15, -0.1) is 0 Å². The van der Waals surface area contributed by atoms with Crippen molar-refractivity contribution in [2.75, 3.05) is 25.1 Å². The van der Waals surface area contributed by atoms with E-state index in [0.29, 0.717) is 5.92 Å². The molecule has 0 radical (unpaired) electrons. The van der Waals surface area contributed by atoms with Gasteiger partial charge in [-0.1, -0.05) is 13.8 Å². The van der Waals surface area contributed by atoms with E-state index >= 15 is 0 Å². The average Bonchev–Trinajstić information content (AvgIpc) is 3.01. The summed E-state index contributed by atoms with van der Waals surface area (Å²) >= 11 is 0. The second kappa shape index (κ2) is 6.54. The van der Waals surface area contributed by atoms with Crippen LogP contribution in [0.5, 0.6) is 5.75 Å². The minimum atomic E-state index is 0.233. The third kappa shape index (κ3) is 3.45. The summed E-state index contributed by atoms with van der Waals surface area (Å²) in [5, 5.41) is 0.